The van der Waals surface area contributed by atoms with Gasteiger partial charge in [-0.1, -0.05) is 25.0 Å². The smallest absolute Gasteiger partial charge is 0.142 e. The summed E-state index contributed by atoms with van der Waals surface area (Å²) >= 11 is 3.19. The maximum absolute atomic E-state index is 13.8. The molecule has 2 rings (SSSR count). The molecule has 82 valence electrons. The molecule has 1 nitrogen and oxygen atoms in total. The Balaban J connectivity index is 2.24. The second-order valence-electron chi connectivity index (χ2n) is 4.21. The Bertz CT molecular complexity index is 347. The lowest BCUT2D eigenvalue weighted by Crippen LogP contribution is -2.20. The molecule has 1 aromatic rings. The monoisotopic (exact) mass is 271 g/mol. The van der Waals surface area contributed by atoms with Crippen LogP contribution in [0.3, 0.4) is 0 Å². The summed E-state index contributed by atoms with van der Waals surface area (Å²) in [4.78, 5) is 0. The van der Waals surface area contributed by atoms with E-state index in [1.165, 1.54) is 12.8 Å². The van der Waals surface area contributed by atoms with Gasteiger partial charge in [-0.25, -0.2) is 4.39 Å². The maximum atomic E-state index is 13.8. The Kier molecular flexibility index (Phi) is 3.42. The average Bonchev–Trinajstić information content (AvgIpc) is 2.74. The van der Waals surface area contributed by atoms with Crippen LogP contribution in [0.2, 0.25) is 0 Å². The van der Waals surface area contributed by atoms with Crippen molar-refractivity contribution in [3.63, 3.8) is 0 Å². The van der Waals surface area contributed by atoms with Gasteiger partial charge < -0.3 is 5.73 Å². The highest BCUT2D eigenvalue weighted by molar-refractivity contribution is 9.10. The predicted molar refractivity (Wildman–Crippen MR) is 63.0 cm³/mol. The normalized spacial score (nSPS) is 19.4. The highest BCUT2D eigenvalue weighted by atomic mass is 79.9. The molecule has 1 atom stereocenters. The van der Waals surface area contributed by atoms with Crippen LogP contribution in [0.4, 0.5) is 4.39 Å². The van der Waals surface area contributed by atoms with Crippen molar-refractivity contribution in [1.82, 2.24) is 0 Å². The van der Waals surface area contributed by atoms with E-state index in [9.17, 15) is 4.39 Å². The molecule has 1 fully saturated rings. The quantitative estimate of drug-likeness (QED) is 0.871. The van der Waals surface area contributed by atoms with Gasteiger partial charge in [-0.15, -0.1) is 0 Å². The van der Waals surface area contributed by atoms with Crippen molar-refractivity contribution in [2.24, 2.45) is 11.7 Å². The van der Waals surface area contributed by atoms with Crippen LogP contribution in [0.1, 0.15) is 37.3 Å². The topological polar surface area (TPSA) is 26.0 Å². The lowest BCUT2D eigenvalue weighted by atomic mass is 9.92. The van der Waals surface area contributed by atoms with Crippen LogP contribution in [-0.4, -0.2) is 0 Å². The van der Waals surface area contributed by atoms with E-state index in [1.54, 1.807) is 12.1 Å². The molecule has 1 aliphatic carbocycles. The van der Waals surface area contributed by atoms with Crippen molar-refractivity contribution in [3.8, 4) is 0 Å². The highest BCUT2D eigenvalue weighted by Crippen LogP contribution is 2.36. The van der Waals surface area contributed by atoms with E-state index in [4.69, 9.17) is 5.73 Å². The standard InChI is InChI=1S/C12H15BrFN/c13-10-7-3-6-9(11(10)14)12(15)8-4-1-2-5-8/h3,6-8,12H,1-2,4-5,15H2/t12-/m0/s1. The van der Waals surface area contributed by atoms with Crippen molar-refractivity contribution in [1.29, 1.82) is 0 Å². The van der Waals surface area contributed by atoms with Crippen LogP contribution >= 0.6 is 15.9 Å². The third kappa shape index (κ3) is 2.23. The molecule has 3 heteroatoms. The van der Waals surface area contributed by atoms with E-state index in [0.717, 1.165) is 12.8 Å². The van der Waals surface area contributed by atoms with E-state index in [0.29, 0.717) is 16.0 Å². The van der Waals surface area contributed by atoms with Crippen LogP contribution in [-0.2, 0) is 0 Å². The summed E-state index contributed by atoms with van der Waals surface area (Å²) in [7, 11) is 0. The van der Waals surface area contributed by atoms with Crippen LogP contribution in [0.5, 0.6) is 0 Å². The van der Waals surface area contributed by atoms with Gasteiger partial charge in [0.1, 0.15) is 5.82 Å². The van der Waals surface area contributed by atoms with E-state index in [1.807, 2.05) is 6.07 Å². The largest absolute Gasteiger partial charge is 0.324 e. The SMILES string of the molecule is N[C@H](c1cccc(Br)c1F)C1CCCC1. The minimum atomic E-state index is -0.197. The summed E-state index contributed by atoms with van der Waals surface area (Å²) < 4.78 is 14.3. The van der Waals surface area contributed by atoms with Gasteiger partial charge in [-0.3, -0.25) is 0 Å². The van der Waals surface area contributed by atoms with E-state index in [-0.39, 0.29) is 11.9 Å². The van der Waals surface area contributed by atoms with E-state index < -0.39 is 0 Å². The molecule has 2 N–H and O–H groups in total. The van der Waals surface area contributed by atoms with E-state index in [2.05, 4.69) is 15.9 Å². The number of halogens is 2. The van der Waals surface area contributed by atoms with Gasteiger partial charge in [0.25, 0.3) is 0 Å². The number of hydrogen-bond donors (Lipinski definition) is 1. The summed E-state index contributed by atoms with van der Waals surface area (Å²) in [6.07, 6.45) is 4.72. The molecular formula is C12H15BrFN. The third-order valence-corrected chi connectivity index (χ3v) is 3.86. The number of benzene rings is 1. The third-order valence-electron chi connectivity index (χ3n) is 3.25. The molecule has 0 unspecified atom stereocenters. The second-order valence-corrected chi connectivity index (χ2v) is 5.07. The minimum Gasteiger partial charge on any atom is -0.324 e. The zero-order valence-electron chi connectivity index (χ0n) is 8.55. The first-order chi connectivity index (χ1) is 7.20. The van der Waals surface area contributed by atoms with Crippen molar-refractivity contribution >= 4 is 15.9 Å². The lowest BCUT2D eigenvalue weighted by molar-refractivity contribution is 0.428. The van der Waals surface area contributed by atoms with Crippen molar-refractivity contribution in [2.75, 3.05) is 0 Å². The maximum Gasteiger partial charge on any atom is 0.142 e. The lowest BCUT2D eigenvalue weighted by Gasteiger charge is -2.20. The fourth-order valence-electron chi connectivity index (χ4n) is 2.35. The molecule has 0 saturated heterocycles. The van der Waals surface area contributed by atoms with Crippen LogP contribution in [0.25, 0.3) is 0 Å². The van der Waals surface area contributed by atoms with Gasteiger partial charge in [-0.2, -0.15) is 0 Å². The van der Waals surface area contributed by atoms with Crippen molar-refractivity contribution < 1.29 is 4.39 Å². The number of hydrogen-bond acceptors (Lipinski definition) is 1. The molecule has 1 aromatic carbocycles. The van der Waals surface area contributed by atoms with Crippen molar-refractivity contribution in [2.45, 2.75) is 31.7 Å². The fraction of sp³-hybridized carbons (Fsp3) is 0.500. The molecule has 0 aromatic heterocycles. The summed E-state index contributed by atoms with van der Waals surface area (Å²) in [6, 6.07) is 5.20. The molecule has 0 bridgehead atoms. The molecule has 0 spiro atoms. The molecule has 1 aliphatic rings. The van der Waals surface area contributed by atoms with E-state index >= 15 is 0 Å². The Hall–Kier alpha value is -0.410. The van der Waals surface area contributed by atoms with Crippen LogP contribution < -0.4 is 5.73 Å². The first-order valence-electron chi connectivity index (χ1n) is 5.39. The summed E-state index contributed by atoms with van der Waals surface area (Å²) in [5.41, 5.74) is 6.76. The molecule has 15 heavy (non-hydrogen) atoms. The molecule has 0 amide bonds. The Morgan fingerprint density at radius 2 is 2.00 bits per heavy atom. The Labute approximate surface area is 98.0 Å². The van der Waals surface area contributed by atoms with Gasteiger partial charge in [-0.05, 0) is 40.8 Å². The fourth-order valence-corrected chi connectivity index (χ4v) is 2.73. The first kappa shape index (κ1) is 11.1. The summed E-state index contributed by atoms with van der Waals surface area (Å²) in [5, 5.41) is 0. The Morgan fingerprint density at radius 1 is 1.33 bits per heavy atom. The minimum absolute atomic E-state index is 0.148. The van der Waals surface area contributed by atoms with Gasteiger partial charge in [0.15, 0.2) is 0 Å². The zero-order chi connectivity index (χ0) is 10.8. The molecule has 0 radical (unpaired) electrons. The first-order valence-corrected chi connectivity index (χ1v) is 6.19. The molecule has 1 saturated carbocycles. The van der Waals surface area contributed by atoms with Gasteiger partial charge in [0.2, 0.25) is 0 Å². The highest BCUT2D eigenvalue weighted by Gasteiger charge is 2.25. The summed E-state index contributed by atoms with van der Waals surface area (Å²) in [5.74, 6) is 0.255. The number of nitrogens with two attached hydrogens (primary N) is 1. The van der Waals surface area contributed by atoms with Crippen molar-refractivity contribution in [3.05, 3.63) is 34.1 Å². The number of rotatable bonds is 2. The zero-order valence-corrected chi connectivity index (χ0v) is 10.1. The second kappa shape index (κ2) is 4.62. The van der Waals surface area contributed by atoms with Gasteiger partial charge in [0, 0.05) is 11.6 Å². The molecule has 0 heterocycles. The Morgan fingerprint density at radius 3 is 2.67 bits per heavy atom. The summed E-state index contributed by atoms with van der Waals surface area (Å²) in [6.45, 7) is 0. The van der Waals surface area contributed by atoms with Crippen LogP contribution in [0.15, 0.2) is 22.7 Å². The van der Waals surface area contributed by atoms with Gasteiger partial charge in [0.05, 0.1) is 4.47 Å². The van der Waals surface area contributed by atoms with Crippen LogP contribution in [0, 0.1) is 11.7 Å². The molecule has 0 aliphatic heterocycles. The predicted octanol–water partition coefficient (Wildman–Crippen LogP) is 3.78. The van der Waals surface area contributed by atoms with Gasteiger partial charge >= 0.3 is 0 Å². The average molecular weight is 272 g/mol. The molecular weight excluding hydrogens is 257 g/mol.